The quantitative estimate of drug-likeness (QED) is 0.835. The number of anilines is 2. The van der Waals surface area contributed by atoms with Crippen LogP contribution in [0.1, 0.15) is 6.42 Å². The summed E-state index contributed by atoms with van der Waals surface area (Å²) in [7, 11) is 0. The van der Waals surface area contributed by atoms with Gasteiger partial charge in [-0.2, -0.15) is 0 Å². The number of benzene rings is 2. The predicted molar refractivity (Wildman–Crippen MR) is 99.9 cm³/mol. The summed E-state index contributed by atoms with van der Waals surface area (Å²) in [6.07, 6.45) is -0.245. The monoisotopic (exact) mass is 375 g/mol. The van der Waals surface area contributed by atoms with E-state index in [1.807, 2.05) is 4.90 Å². The van der Waals surface area contributed by atoms with E-state index in [9.17, 15) is 14.0 Å². The fraction of sp³-hybridized carbons (Fsp3) is 0.263. The Morgan fingerprint density at radius 2 is 1.65 bits per heavy atom. The van der Waals surface area contributed by atoms with E-state index in [4.69, 9.17) is 11.6 Å². The molecular weight excluding hydrogens is 357 g/mol. The van der Waals surface area contributed by atoms with E-state index in [1.165, 1.54) is 6.07 Å². The summed E-state index contributed by atoms with van der Waals surface area (Å²) < 4.78 is 13.9. The average molecular weight is 376 g/mol. The molecule has 0 saturated carbocycles. The van der Waals surface area contributed by atoms with Crippen LogP contribution in [0.25, 0.3) is 0 Å². The van der Waals surface area contributed by atoms with E-state index in [-0.39, 0.29) is 18.1 Å². The third-order valence-electron chi connectivity index (χ3n) is 4.29. The third-order valence-corrected chi connectivity index (χ3v) is 4.61. The minimum absolute atomic E-state index is 0.245. The SMILES string of the molecule is O=C(CC(=O)N1CCN(c2ccccc2F)CC1)Nc1ccccc1Cl. The number of nitrogens with zero attached hydrogens (tertiary/aromatic N) is 2. The first-order valence-electron chi connectivity index (χ1n) is 8.36. The lowest BCUT2D eigenvalue weighted by atomic mass is 10.2. The second kappa shape index (κ2) is 8.19. The van der Waals surface area contributed by atoms with Crippen molar-refractivity contribution in [2.75, 3.05) is 36.4 Å². The molecule has 0 bridgehead atoms. The highest BCUT2D eigenvalue weighted by molar-refractivity contribution is 6.33. The Hall–Kier alpha value is -2.60. The standard InChI is InChI=1S/C19H19ClFN3O2/c20-14-5-1-3-7-16(14)22-18(25)13-19(26)24-11-9-23(10-12-24)17-8-4-2-6-15(17)21/h1-8H,9-13H2,(H,22,25). The molecule has 26 heavy (non-hydrogen) atoms. The van der Waals surface area contributed by atoms with Crippen molar-refractivity contribution in [2.45, 2.75) is 6.42 Å². The fourth-order valence-corrected chi connectivity index (χ4v) is 3.09. The molecule has 0 aliphatic carbocycles. The van der Waals surface area contributed by atoms with E-state index in [2.05, 4.69) is 5.32 Å². The van der Waals surface area contributed by atoms with Crippen LogP contribution >= 0.6 is 11.6 Å². The van der Waals surface area contributed by atoms with Gasteiger partial charge in [0.15, 0.2) is 0 Å². The number of carbonyl (C=O) groups excluding carboxylic acids is 2. The molecule has 1 saturated heterocycles. The summed E-state index contributed by atoms with van der Waals surface area (Å²) in [5.41, 5.74) is 1.02. The van der Waals surface area contributed by atoms with Crippen molar-refractivity contribution in [3.05, 3.63) is 59.4 Å². The van der Waals surface area contributed by atoms with Crippen LogP contribution in [0, 0.1) is 5.82 Å². The lowest BCUT2D eigenvalue weighted by Crippen LogP contribution is -2.49. The second-order valence-corrected chi connectivity index (χ2v) is 6.43. The smallest absolute Gasteiger partial charge is 0.233 e. The molecule has 0 spiro atoms. The molecule has 0 radical (unpaired) electrons. The molecule has 0 atom stereocenters. The number of hydrogen-bond donors (Lipinski definition) is 1. The molecule has 1 heterocycles. The number of rotatable bonds is 4. The topological polar surface area (TPSA) is 52.7 Å². The van der Waals surface area contributed by atoms with Gasteiger partial charge in [0.25, 0.3) is 0 Å². The maximum absolute atomic E-state index is 13.9. The zero-order valence-corrected chi connectivity index (χ0v) is 14.9. The van der Waals surface area contributed by atoms with Gasteiger partial charge in [-0.15, -0.1) is 0 Å². The second-order valence-electron chi connectivity index (χ2n) is 6.02. The van der Waals surface area contributed by atoms with E-state index in [1.54, 1.807) is 47.4 Å². The van der Waals surface area contributed by atoms with Crippen LogP contribution in [-0.4, -0.2) is 42.9 Å². The number of amides is 2. The molecule has 1 fully saturated rings. The Kier molecular flexibility index (Phi) is 5.73. The van der Waals surface area contributed by atoms with Gasteiger partial charge in [-0.05, 0) is 24.3 Å². The first-order valence-corrected chi connectivity index (χ1v) is 8.74. The van der Waals surface area contributed by atoms with E-state index in [0.29, 0.717) is 42.6 Å². The molecule has 1 aliphatic rings. The Balaban J connectivity index is 1.51. The lowest BCUT2D eigenvalue weighted by Gasteiger charge is -2.36. The molecule has 5 nitrogen and oxygen atoms in total. The molecule has 3 rings (SSSR count). The van der Waals surface area contributed by atoms with Crippen LogP contribution in [0.5, 0.6) is 0 Å². The summed E-state index contributed by atoms with van der Waals surface area (Å²) in [6, 6.07) is 13.4. The van der Waals surface area contributed by atoms with Gasteiger partial charge in [0.05, 0.1) is 16.4 Å². The predicted octanol–water partition coefficient (Wildman–Crippen LogP) is 3.16. The van der Waals surface area contributed by atoms with Gasteiger partial charge >= 0.3 is 0 Å². The summed E-state index contributed by atoms with van der Waals surface area (Å²) in [4.78, 5) is 27.9. The minimum atomic E-state index is -0.403. The van der Waals surface area contributed by atoms with Gasteiger partial charge < -0.3 is 15.1 Å². The highest BCUT2D eigenvalue weighted by Gasteiger charge is 2.24. The number of carbonyl (C=O) groups is 2. The van der Waals surface area contributed by atoms with Crippen molar-refractivity contribution >= 4 is 34.8 Å². The molecule has 0 unspecified atom stereocenters. The zero-order valence-electron chi connectivity index (χ0n) is 14.1. The third kappa shape index (κ3) is 4.32. The molecule has 7 heteroatoms. The molecule has 1 aliphatic heterocycles. The number of halogens is 2. The highest BCUT2D eigenvalue weighted by Crippen LogP contribution is 2.22. The van der Waals surface area contributed by atoms with Crippen LogP contribution in [0.3, 0.4) is 0 Å². The van der Waals surface area contributed by atoms with Gasteiger partial charge in [0.1, 0.15) is 12.2 Å². The Morgan fingerprint density at radius 3 is 2.35 bits per heavy atom. The van der Waals surface area contributed by atoms with Gasteiger partial charge in [-0.1, -0.05) is 35.9 Å². The van der Waals surface area contributed by atoms with E-state index >= 15 is 0 Å². The van der Waals surface area contributed by atoms with Crippen molar-refractivity contribution in [1.29, 1.82) is 0 Å². The van der Waals surface area contributed by atoms with Crippen molar-refractivity contribution in [2.24, 2.45) is 0 Å². The van der Waals surface area contributed by atoms with Gasteiger partial charge in [-0.3, -0.25) is 9.59 Å². The maximum atomic E-state index is 13.9. The van der Waals surface area contributed by atoms with Crippen molar-refractivity contribution in [1.82, 2.24) is 4.90 Å². The number of hydrogen-bond acceptors (Lipinski definition) is 3. The number of nitrogens with one attached hydrogen (secondary N) is 1. The fourth-order valence-electron chi connectivity index (χ4n) is 2.91. The van der Waals surface area contributed by atoms with Crippen LogP contribution in [0.2, 0.25) is 5.02 Å². The summed E-state index contributed by atoms with van der Waals surface area (Å²) in [5.74, 6) is -0.922. The molecular formula is C19H19ClFN3O2. The van der Waals surface area contributed by atoms with Crippen molar-refractivity contribution in [3.63, 3.8) is 0 Å². The van der Waals surface area contributed by atoms with Crippen LogP contribution in [0.15, 0.2) is 48.5 Å². The Morgan fingerprint density at radius 1 is 1.00 bits per heavy atom. The normalized spacial score (nSPS) is 14.2. The summed E-state index contributed by atoms with van der Waals surface area (Å²) in [5, 5.41) is 3.07. The minimum Gasteiger partial charge on any atom is -0.366 e. The molecule has 2 amide bonds. The maximum Gasteiger partial charge on any atom is 0.233 e. The van der Waals surface area contributed by atoms with Crippen LogP contribution in [0.4, 0.5) is 15.8 Å². The molecule has 1 N–H and O–H groups in total. The average Bonchev–Trinajstić information content (AvgIpc) is 2.64. The zero-order chi connectivity index (χ0) is 18.5. The molecule has 2 aromatic rings. The van der Waals surface area contributed by atoms with E-state index < -0.39 is 5.91 Å². The molecule has 2 aromatic carbocycles. The largest absolute Gasteiger partial charge is 0.366 e. The van der Waals surface area contributed by atoms with Crippen molar-refractivity contribution in [3.8, 4) is 0 Å². The summed E-state index contributed by atoms with van der Waals surface area (Å²) >= 11 is 5.99. The number of para-hydroxylation sites is 2. The Labute approximate surface area is 156 Å². The van der Waals surface area contributed by atoms with E-state index in [0.717, 1.165) is 0 Å². The lowest BCUT2D eigenvalue weighted by molar-refractivity contribution is -0.134. The van der Waals surface area contributed by atoms with Crippen LogP contribution < -0.4 is 10.2 Å². The van der Waals surface area contributed by atoms with Gasteiger partial charge in [0.2, 0.25) is 11.8 Å². The molecule has 136 valence electrons. The Bertz CT molecular complexity index is 807. The van der Waals surface area contributed by atoms with Crippen molar-refractivity contribution < 1.29 is 14.0 Å². The number of piperazine rings is 1. The van der Waals surface area contributed by atoms with Gasteiger partial charge in [0, 0.05) is 26.2 Å². The highest BCUT2D eigenvalue weighted by atomic mass is 35.5. The van der Waals surface area contributed by atoms with Crippen LogP contribution in [-0.2, 0) is 9.59 Å². The van der Waals surface area contributed by atoms with Gasteiger partial charge in [-0.25, -0.2) is 4.39 Å². The molecule has 0 aromatic heterocycles. The first kappa shape index (κ1) is 18.2. The summed E-state index contributed by atoms with van der Waals surface area (Å²) in [6.45, 7) is 1.96. The first-order chi connectivity index (χ1) is 12.5.